The number of piperidine rings is 1. The van der Waals surface area contributed by atoms with Crippen LogP contribution < -0.4 is 21.3 Å². The molecule has 3 atom stereocenters. The number of nitrogens with zero attached hydrogens (tertiary/aromatic N) is 4. The number of ether oxygens (including phenoxy) is 1. The number of aromatic nitrogens is 2. The highest BCUT2D eigenvalue weighted by Gasteiger charge is 2.47. The van der Waals surface area contributed by atoms with Crippen LogP contribution in [0.4, 0.5) is 0 Å². The number of aliphatic hydroxyl groups is 1. The van der Waals surface area contributed by atoms with Crippen molar-refractivity contribution in [3.63, 3.8) is 0 Å². The van der Waals surface area contributed by atoms with Crippen molar-refractivity contribution in [1.82, 2.24) is 41.0 Å². The van der Waals surface area contributed by atoms with E-state index in [1.165, 1.54) is 18.2 Å². The summed E-state index contributed by atoms with van der Waals surface area (Å²) in [6, 6.07) is 21.1. The summed E-state index contributed by atoms with van der Waals surface area (Å²) in [6.07, 6.45) is 1.66. The number of likely N-dealkylation sites (tertiary alicyclic amines) is 2. The smallest absolute Gasteiger partial charge is 0.332 e. The molecule has 8 rings (SSSR count). The van der Waals surface area contributed by atoms with Crippen LogP contribution in [0.2, 0.25) is 0 Å². The third-order valence-electron chi connectivity index (χ3n) is 14.1. The molecule has 3 aliphatic rings. The van der Waals surface area contributed by atoms with Crippen molar-refractivity contribution >= 4 is 52.7 Å². The quantitative estimate of drug-likeness (QED) is 0.0786. The van der Waals surface area contributed by atoms with Gasteiger partial charge in [0, 0.05) is 81.6 Å². The minimum atomic E-state index is -1.37. The Morgan fingerprint density at radius 1 is 0.865 bits per heavy atom. The molecule has 0 saturated carbocycles. The molecule has 2 aliphatic heterocycles. The van der Waals surface area contributed by atoms with Crippen molar-refractivity contribution < 1.29 is 48.5 Å². The molecule has 0 radical (unpaired) electrons. The van der Waals surface area contributed by atoms with Gasteiger partial charge in [-0.15, -0.1) is 11.3 Å². The normalized spacial score (nSPS) is 17.7. The molecule has 6 amide bonds. The summed E-state index contributed by atoms with van der Waals surface area (Å²) < 4.78 is 5.08. The van der Waals surface area contributed by atoms with Gasteiger partial charge in [0.2, 0.25) is 23.6 Å². The highest BCUT2D eigenvalue weighted by Crippen LogP contribution is 2.35. The first-order valence-corrected chi connectivity index (χ1v) is 25.6. The molecule has 6 N–H and O–H groups in total. The lowest BCUT2D eigenvalue weighted by atomic mass is 9.85. The summed E-state index contributed by atoms with van der Waals surface area (Å²) in [5.41, 5.74) is 5.21. The van der Waals surface area contributed by atoms with Gasteiger partial charge in [-0.05, 0) is 71.2 Å². The Balaban J connectivity index is 0.790. The summed E-state index contributed by atoms with van der Waals surface area (Å²) in [5.74, 6) is -3.71. The van der Waals surface area contributed by atoms with E-state index in [4.69, 9.17) is 4.74 Å². The number of carbonyl (C=O) groups excluding carboxylic acids is 7. The Morgan fingerprint density at radius 3 is 2.15 bits per heavy atom. The maximum atomic E-state index is 14.1. The van der Waals surface area contributed by atoms with E-state index in [-0.39, 0.29) is 68.7 Å². The lowest BCUT2D eigenvalue weighted by Crippen LogP contribution is -2.57. The van der Waals surface area contributed by atoms with Gasteiger partial charge in [-0.25, -0.2) is 14.8 Å². The van der Waals surface area contributed by atoms with Crippen LogP contribution in [-0.2, 0) is 48.1 Å². The number of carbonyl (C=O) groups is 7. The molecule has 3 aromatic carbocycles. The van der Waals surface area contributed by atoms with Crippen LogP contribution in [0.1, 0.15) is 96.1 Å². The SMILES string of the molecule is COC(=O)C1(NC(=O)c2nccc(-c3ccc(C(=O)NC4CCN(C(=O)CCC(=O)NC(C(=O)N5C[C@H](O)C[C@H]5C(=O)NCc5ccc(-c6scnc6C)cc5)C(C)(C)C)CC4)cc3)c2O)Cc2ccccc2C1. The van der Waals surface area contributed by atoms with Gasteiger partial charge in [-0.1, -0.05) is 81.4 Å². The molecule has 1 aliphatic carbocycles. The molecule has 74 heavy (non-hydrogen) atoms. The van der Waals surface area contributed by atoms with Crippen molar-refractivity contribution in [2.45, 2.75) is 109 Å². The molecule has 4 heterocycles. The first kappa shape index (κ1) is 52.8. The fraction of sp³-hybridized carbons (Fsp3) is 0.400. The summed E-state index contributed by atoms with van der Waals surface area (Å²) >= 11 is 1.55. The van der Waals surface area contributed by atoms with Crippen LogP contribution in [-0.4, -0.2) is 128 Å². The number of benzene rings is 3. The van der Waals surface area contributed by atoms with E-state index < -0.39 is 64.5 Å². The maximum Gasteiger partial charge on any atom is 0.332 e. The Hall–Kier alpha value is -7.51. The first-order valence-electron chi connectivity index (χ1n) is 24.7. The van der Waals surface area contributed by atoms with Gasteiger partial charge in [0.25, 0.3) is 11.8 Å². The standard InChI is InChI=1S/C55H62N8O10S/c1-32-47(74-31-58-32)35-12-10-33(11-13-35)29-57-50(69)42-26-40(64)30-63(42)52(71)48(54(2,3)4)60-43(65)18-19-44(66)62-24-21-39(22-25-62)59-49(68)36-16-14-34(15-17-36)41-20-23-56-45(46(41)67)51(70)61-55(53(72)73-5)27-37-8-6-7-9-38(37)28-55/h6-17,20,23,31,39-40,42,48,64,67H,18-19,21-22,24-30H2,1-5H3,(H,57,69)(H,59,68)(H,60,65)(H,61,70)/t40-,42+,48?/m1/s1. The monoisotopic (exact) mass is 1030 g/mol. The average Bonchev–Trinajstić information content (AvgIpc) is 4.12. The number of β-amino-alcohol motifs (C(OH)–C–C–N with tert-alkyl or cyclic N) is 1. The number of aromatic hydroxyl groups is 1. The number of thiazole rings is 1. The molecular formula is C55H62N8O10S. The molecule has 2 fully saturated rings. The van der Waals surface area contributed by atoms with Gasteiger partial charge < -0.3 is 46.0 Å². The summed E-state index contributed by atoms with van der Waals surface area (Å²) in [5, 5.41) is 33.5. The van der Waals surface area contributed by atoms with E-state index in [9.17, 15) is 43.8 Å². The Bertz CT molecular complexity index is 2900. The molecule has 0 bridgehead atoms. The van der Waals surface area contributed by atoms with Crippen LogP contribution >= 0.6 is 11.3 Å². The number of aliphatic hydroxyl groups excluding tert-OH is 1. The number of rotatable bonds is 15. The van der Waals surface area contributed by atoms with Gasteiger partial charge in [-0.2, -0.15) is 0 Å². The van der Waals surface area contributed by atoms with Crippen molar-refractivity contribution in [2.75, 3.05) is 26.7 Å². The van der Waals surface area contributed by atoms with Gasteiger partial charge in [0.15, 0.2) is 11.4 Å². The topological polar surface area (TPSA) is 250 Å². The summed E-state index contributed by atoms with van der Waals surface area (Å²) in [6.45, 7) is 8.22. The van der Waals surface area contributed by atoms with Crippen molar-refractivity contribution in [3.05, 3.63) is 124 Å². The Kier molecular flexibility index (Phi) is 15.9. The van der Waals surface area contributed by atoms with E-state index >= 15 is 0 Å². The summed E-state index contributed by atoms with van der Waals surface area (Å²) in [7, 11) is 1.26. The second kappa shape index (κ2) is 22.3. The number of aryl methyl sites for hydroxylation is 1. The lowest BCUT2D eigenvalue weighted by Gasteiger charge is -2.35. The van der Waals surface area contributed by atoms with Crippen LogP contribution in [0.5, 0.6) is 5.75 Å². The van der Waals surface area contributed by atoms with Crippen molar-refractivity contribution in [2.24, 2.45) is 5.41 Å². The van der Waals surface area contributed by atoms with Crippen LogP contribution in [0.15, 0.2) is 90.6 Å². The van der Waals surface area contributed by atoms with Crippen LogP contribution in [0.3, 0.4) is 0 Å². The highest BCUT2D eigenvalue weighted by molar-refractivity contribution is 7.13. The van der Waals surface area contributed by atoms with E-state index in [0.717, 1.165) is 32.8 Å². The first-order chi connectivity index (χ1) is 35.3. The Labute approximate surface area is 433 Å². The van der Waals surface area contributed by atoms with E-state index in [1.807, 2.05) is 55.5 Å². The number of pyridine rings is 1. The molecule has 2 saturated heterocycles. The van der Waals surface area contributed by atoms with Crippen LogP contribution in [0, 0.1) is 12.3 Å². The molecule has 1 unspecified atom stereocenters. The molecule has 18 nitrogen and oxygen atoms in total. The molecule has 2 aromatic heterocycles. The minimum absolute atomic E-state index is 0.0537. The van der Waals surface area contributed by atoms with E-state index in [0.29, 0.717) is 42.6 Å². The van der Waals surface area contributed by atoms with Gasteiger partial charge in [-0.3, -0.25) is 28.8 Å². The number of amides is 6. The number of esters is 1. The zero-order valence-electron chi connectivity index (χ0n) is 42.1. The number of methoxy groups -OCH3 is 1. The third-order valence-corrected chi connectivity index (χ3v) is 15.1. The van der Waals surface area contributed by atoms with E-state index in [2.05, 4.69) is 31.2 Å². The Morgan fingerprint density at radius 2 is 1.53 bits per heavy atom. The summed E-state index contributed by atoms with van der Waals surface area (Å²) in [4.78, 5) is 107. The molecular weight excluding hydrogens is 965 g/mol. The second-order valence-corrected chi connectivity index (χ2v) is 21.2. The number of hydrogen-bond acceptors (Lipinski definition) is 13. The zero-order valence-corrected chi connectivity index (χ0v) is 42.9. The average molecular weight is 1030 g/mol. The predicted octanol–water partition coefficient (Wildman–Crippen LogP) is 4.64. The highest BCUT2D eigenvalue weighted by atomic mass is 32.1. The molecule has 5 aromatic rings. The van der Waals surface area contributed by atoms with Gasteiger partial charge in [0.05, 0.1) is 29.3 Å². The van der Waals surface area contributed by atoms with E-state index in [1.54, 1.807) is 72.9 Å². The zero-order chi connectivity index (χ0) is 52.9. The maximum absolute atomic E-state index is 14.1. The van der Waals surface area contributed by atoms with Gasteiger partial charge >= 0.3 is 5.97 Å². The number of nitrogens with one attached hydrogen (secondary N) is 4. The predicted molar refractivity (Wildman–Crippen MR) is 275 cm³/mol. The third kappa shape index (κ3) is 11.8. The van der Waals surface area contributed by atoms with Gasteiger partial charge in [0.1, 0.15) is 17.6 Å². The van der Waals surface area contributed by atoms with Crippen molar-refractivity contribution in [1.29, 1.82) is 0 Å². The molecule has 0 spiro atoms. The van der Waals surface area contributed by atoms with Crippen LogP contribution in [0.25, 0.3) is 21.6 Å². The molecule has 19 heteroatoms. The minimum Gasteiger partial charge on any atom is -0.505 e. The fourth-order valence-electron chi connectivity index (χ4n) is 9.96. The number of fused-ring (bicyclic) bond motifs is 1. The van der Waals surface area contributed by atoms with Crippen molar-refractivity contribution in [3.8, 4) is 27.3 Å². The second-order valence-electron chi connectivity index (χ2n) is 20.4. The lowest BCUT2D eigenvalue weighted by molar-refractivity contribution is -0.148. The molecule has 388 valence electrons. The number of hydrogen-bond donors (Lipinski definition) is 6. The largest absolute Gasteiger partial charge is 0.505 e. The fourth-order valence-corrected chi connectivity index (χ4v) is 10.8.